The van der Waals surface area contributed by atoms with Crippen LogP contribution in [-0.4, -0.2) is 61.2 Å². The summed E-state index contributed by atoms with van der Waals surface area (Å²) in [6.07, 6.45) is 1.40. The molecule has 0 radical (unpaired) electrons. The molecule has 1 aromatic carbocycles. The Morgan fingerprint density at radius 1 is 1.13 bits per heavy atom. The van der Waals surface area contributed by atoms with Crippen LogP contribution >= 0.6 is 0 Å². The van der Waals surface area contributed by atoms with Crippen LogP contribution in [0.5, 0.6) is 0 Å². The molecule has 3 rings (SSSR count). The van der Waals surface area contributed by atoms with E-state index in [0.29, 0.717) is 41.7 Å². The number of anilines is 1. The Hall–Kier alpha value is -2.52. The van der Waals surface area contributed by atoms with Crippen molar-refractivity contribution in [2.24, 2.45) is 0 Å². The van der Waals surface area contributed by atoms with Crippen molar-refractivity contribution in [2.75, 3.05) is 32.6 Å². The van der Waals surface area contributed by atoms with Gasteiger partial charge in [-0.05, 0) is 49.9 Å². The van der Waals surface area contributed by atoms with Crippen LogP contribution in [0.4, 0.5) is 5.82 Å². The first-order valence-electron chi connectivity index (χ1n) is 10.4. The van der Waals surface area contributed by atoms with Gasteiger partial charge in [0.15, 0.2) is 0 Å². The van der Waals surface area contributed by atoms with Crippen molar-refractivity contribution >= 4 is 21.7 Å². The van der Waals surface area contributed by atoms with Crippen LogP contribution in [-0.2, 0) is 21.4 Å². The maximum atomic E-state index is 13.5. The summed E-state index contributed by atoms with van der Waals surface area (Å²) >= 11 is 0. The lowest BCUT2D eigenvalue weighted by Gasteiger charge is -2.25. The minimum Gasteiger partial charge on any atom is -0.363 e. The highest BCUT2D eigenvalue weighted by molar-refractivity contribution is 7.89. The molecule has 1 aliphatic rings. The number of benzene rings is 1. The number of sulfonamides is 1. The van der Waals surface area contributed by atoms with Gasteiger partial charge in [0.05, 0.1) is 23.2 Å². The molecule has 0 bridgehead atoms. The fraction of sp³-hybridized carbons (Fsp3) is 0.500. The highest BCUT2D eigenvalue weighted by atomic mass is 32.2. The third-order valence-electron chi connectivity index (χ3n) is 5.76. The fourth-order valence-electron chi connectivity index (χ4n) is 3.61. The molecule has 2 heterocycles. The predicted octanol–water partition coefficient (Wildman–Crippen LogP) is 2.66. The number of hydrogen-bond donors (Lipinski definition) is 0. The van der Waals surface area contributed by atoms with Crippen molar-refractivity contribution in [2.45, 2.75) is 51.1 Å². The molecule has 0 spiro atoms. The number of aryl methyl sites for hydroxylation is 2. The highest BCUT2D eigenvalue weighted by Gasteiger charge is 2.38. The molecular weight excluding hydrogens is 414 g/mol. The molecule has 0 saturated carbocycles. The fourth-order valence-corrected chi connectivity index (χ4v) is 5.35. The van der Waals surface area contributed by atoms with E-state index in [9.17, 15) is 13.2 Å². The maximum absolute atomic E-state index is 13.5. The Labute approximate surface area is 185 Å². The molecule has 8 nitrogen and oxygen atoms in total. The Morgan fingerprint density at radius 3 is 2.45 bits per heavy atom. The van der Waals surface area contributed by atoms with Crippen LogP contribution in [0.25, 0.3) is 0 Å². The van der Waals surface area contributed by atoms with Crippen molar-refractivity contribution in [3.8, 4) is 0 Å². The molecule has 9 heteroatoms. The van der Waals surface area contributed by atoms with Gasteiger partial charge in [-0.3, -0.25) is 4.79 Å². The molecule has 0 aliphatic carbocycles. The van der Waals surface area contributed by atoms with Crippen molar-refractivity contribution in [1.82, 2.24) is 19.2 Å². The zero-order valence-electron chi connectivity index (χ0n) is 19.1. The summed E-state index contributed by atoms with van der Waals surface area (Å²) in [6.45, 7) is 6.14. The van der Waals surface area contributed by atoms with Crippen molar-refractivity contribution < 1.29 is 13.2 Å². The van der Waals surface area contributed by atoms with E-state index in [0.717, 1.165) is 17.5 Å². The number of rotatable bonds is 6. The van der Waals surface area contributed by atoms with Gasteiger partial charge in [-0.2, -0.15) is 4.31 Å². The molecule has 0 unspecified atom stereocenters. The summed E-state index contributed by atoms with van der Waals surface area (Å²) in [4.78, 5) is 24.7. The van der Waals surface area contributed by atoms with E-state index in [4.69, 9.17) is 0 Å². The summed E-state index contributed by atoms with van der Waals surface area (Å²) in [5.41, 5.74) is 2.68. The molecule has 1 saturated heterocycles. The van der Waals surface area contributed by atoms with Crippen molar-refractivity contribution in [3.63, 3.8) is 0 Å². The zero-order valence-corrected chi connectivity index (χ0v) is 19.9. The Bertz CT molecular complexity index is 1080. The molecule has 31 heavy (non-hydrogen) atoms. The number of aromatic nitrogens is 2. The molecule has 0 N–H and O–H groups in total. The van der Waals surface area contributed by atoms with Gasteiger partial charge in [0.25, 0.3) is 0 Å². The van der Waals surface area contributed by atoms with Crippen LogP contribution in [0.3, 0.4) is 0 Å². The lowest BCUT2D eigenvalue weighted by atomic mass is 10.1. The van der Waals surface area contributed by atoms with Gasteiger partial charge in [-0.15, -0.1) is 0 Å². The molecule has 1 atom stereocenters. The third-order valence-corrected chi connectivity index (χ3v) is 7.67. The average Bonchev–Trinajstić information content (AvgIpc) is 3.20. The zero-order chi connectivity index (χ0) is 22.9. The van der Waals surface area contributed by atoms with Gasteiger partial charge in [0.2, 0.25) is 15.9 Å². The molecular formula is C22H31N5O3S. The second-order valence-electron chi connectivity index (χ2n) is 8.37. The number of carbonyl (C=O) groups is 1. The summed E-state index contributed by atoms with van der Waals surface area (Å²) in [6, 6.07) is 6.63. The summed E-state index contributed by atoms with van der Waals surface area (Å²) in [7, 11) is 1.79. The van der Waals surface area contributed by atoms with E-state index in [-0.39, 0.29) is 5.91 Å². The minimum absolute atomic E-state index is 0.0635. The SMILES string of the molecule is CC(=O)N(C)Cc1cc(N(C)C)nc([C@H]2CCCN2S(=O)(=O)c2ccc(C)c(C)c2)n1. The van der Waals surface area contributed by atoms with E-state index >= 15 is 0 Å². The first-order chi connectivity index (χ1) is 14.5. The number of amides is 1. The predicted molar refractivity (Wildman–Crippen MR) is 120 cm³/mol. The van der Waals surface area contributed by atoms with Crippen molar-refractivity contribution in [3.05, 3.63) is 46.9 Å². The number of hydrogen-bond acceptors (Lipinski definition) is 6. The van der Waals surface area contributed by atoms with Crippen LogP contribution in [0.2, 0.25) is 0 Å². The average molecular weight is 446 g/mol. The molecule has 1 fully saturated rings. The first kappa shape index (κ1) is 23.1. The van der Waals surface area contributed by atoms with E-state index in [1.165, 1.54) is 11.2 Å². The van der Waals surface area contributed by atoms with Gasteiger partial charge in [0.1, 0.15) is 11.6 Å². The number of carbonyl (C=O) groups excluding carboxylic acids is 1. The van der Waals surface area contributed by atoms with Gasteiger partial charge < -0.3 is 9.80 Å². The largest absolute Gasteiger partial charge is 0.363 e. The topological polar surface area (TPSA) is 86.7 Å². The monoisotopic (exact) mass is 445 g/mol. The Morgan fingerprint density at radius 2 is 1.84 bits per heavy atom. The van der Waals surface area contributed by atoms with Crippen LogP contribution < -0.4 is 4.90 Å². The van der Waals surface area contributed by atoms with Crippen LogP contribution in [0.1, 0.15) is 48.5 Å². The second kappa shape index (κ2) is 8.92. The van der Waals surface area contributed by atoms with E-state index in [2.05, 4.69) is 9.97 Å². The van der Waals surface area contributed by atoms with E-state index in [1.807, 2.05) is 45.0 Å². The summed E-state index contributed by atoms with van der Waals surface area (Å²) in [5.74, 6) is 1.10. The molecule has 2 aromatic rings. The van der Waals surface area contributed by atoms with E-state index < -0.39 is 16.1 Å². The lowest BCUT2D eigenvalue weighted by Crippen LogP contribution is -2.32. The third kappa shape index (κ3) is 4.88. The van der Waals surface area contributed by atoms with Gasteiger partial charge in [-0.25, -0.2) is 18.4 Å². The quantitative estimate of drug-likeness (QED) is 0.679. The number of nitrogens with zero attached hydrogens (tertiary/aromatic N) is 5. The highest BCUT2D eigenvalue weighted by Crippen LogP contribution is 2.36. The molecule has 1 amide bonds. The molecule has 1 aliphatic heterocycles. The lowest BCUT2D eigenvalue weighted by molar-refractivity contribution is -0.128. The Kier molecular flexibility index (Phi) is 6.66. The van der Waals surface area contributed by atoms with Crippen LogP contribution in [0.15, 0.2) is 29.2 Å². The Balaban J connectivity index is 2.01. The van der Waals surface area contributed by atoms with Crippen molar-refractivity contribution in [1.29, 1.82) is 0 Å². The first-order valence-corrected chi connectivity index (χ1v) is 11.8. The van der Waals surface area contributed by atoms with Gasteiger partial charge in [-0.1, -0.05) is 6.07 Å². The minimum atomic E-state index is -3.68. The maximum Gasteiger partial charge on any atom is 0.243 e. The smallest absolute Gasteiger partial charge is 0.243 e. The van der Waals surface area contributed by atoms with Gasteiger partial charge >= 0.3 is 0 Å². The molecule has 1 aromatic heterocycles. The van der Waals surface area contributed by atoms with E-state index in [1.54, 1.807) is 24.1 Å². The van der Waals surface area contributed by atoms with Crippen LogP contribution in [0, 0.1) is 13.8 Å². The standard InChI is InChI=1S/C22H31N5O3S/c1-15-9-10-19(12-16(15)2)31(29,30)27-11-7-8-20(27)22-23-18(14-26(6)17(3)28)13-21(24-22)25(4)5/h9-10,12-13,20H,7-8,11,14H2,1-6H3/t20-/m1/s1. The normalized spacial score (nSPS) is 17.0. The molecule has 168 valence electrons. The van der Waals surface area contributed by atoms with Gasteiger partial charge in [0, 0.05) is 40.7 Å². The summed E-state index contributed by atoms with van der Waals surface area (Å²) < 4.78 is 28.4. The second-order valence-corrected chi connectivity index (χ2v) is 10.3. The summed E-state index contributed by atoms with van der Waals surface area (Å²) in [5, 5.41) is 0.